The van der Waals surface area contributed by atoms with Gasteiger partial charge < -0.3 is 25.8 Å². The second-order valence-electron chi connectivity index (χ2n) is 3.94. The molecule has 0 aromatic carbocycles. The molecule has 0 aliphatic heterocycles. The third-order valence-electron chi connectivity index (χ3n) is 1.97. The van der Waals surface area contributed by atoms with Crippen molar-refractivity contribution in [1.82, 2.24) is 0 Å². The lowest BCUT2D eigenvalue weighted by molar-refractivity contribution is -0.768. The summed E-state index contributed by atoms with van der Waals surface area (Å²) in [7, 11) is -2.08. The Morgan fingerprint density at radius 2 is 1.76 bits per heavy atom. The minimum absolute atomic E-state index is 0.0677. The van der Waals surface area contributed by atoms with Crippen molar-refractivity contribution >= 4 is 26.7 Å². The minimum atomic E-state index is -4.67. The molecule has 2 atom stereocenters. The SMILES string of the molecule is CCCC(CC)O[N+](=O)[O-].O=S(=O)(O)O.OCCC(O)CO.[3H]B([3H])N.[3H][B]. The Kier molecular flexibility index (Phi) is 26.6. The largest absolute Gasteiger partial charge is 0.396 e. The second kappa shape index (κ2) is 25.3. The highest BCUT2D eigenvalue weighted by Gasteiger charge is 2.08. The van der Waals surface area contributed by atoms with Crippen LogP contribution in [-0.2, 0) is 15.2 Å². The van der Waals surface area contributed by atoms with Crippen molar-refractivity contribution in [3.05, 3.63) is 10.1 Å². The van der Waals surface area contributed by atoms with E-state index in [4.69, 9.17) is 36.9 Å². The summed E-state index contributed by atoms with van der Waals surface area (Å²) in [6, 6.07) is 0. The van der Waals surface area contributed by atoms with Crippen molar-refractivity contribution in [3.8, 4) is 0 Å². The molecule has 0 heterocycles. The normalized spacial score (nSPS) is 12.7. The fourth-order valence-corrected chi connectivity index (χ4v) is 1.02. The van der Waals surface area contributed by atoms with Crippen molar-refractivity contribution < 1.29 is 42.8 Å². The Morgan fingerprint density at radius 3 is 1.92 bits per heavy atom. The first kappa shape index (κ1) is 26.3. The van der Waals surface area contributed by atoms with E-state index >= 15 is 0 Å². The van der Waals surface area contributed by atoms with E-state index in [2.05, 4.69) is 18.9 Å². The smallest absolute Gasteiger partial charge is 0.394 e. The third kappa shape index (κ3) is 60.0. The first-order chi connectivity index (χ1) is 12.7. The topological polar surface area (TPSA) is 214 Å². The van der Waals surface area contributed by atoms with E-state index in [1.807, 2.05) is 13.8 Å². The summed E-state index contributed by atoms with van der Waals surface area (Å²) in [6.45, 7) is 3.53. The molecular weight excluding hydrogens is 362 g/mol. The lowest BCUT2D eigenvalue weighted by Crippen LogP contribution is -2.15. The van der Waals surface area contributed by atoms with Gasteiger partial charge in [-0.25, -0.2) is 0 Å². The van der Waals surface area contributed by atoms with Crippen LogP contribution in [-0.4, -0.2) is 83.6 Å². The maximum Gasteiger partial charge on any atom is 0.394 e. The van der Waals surface area contributed by atoms with Crippen LogP contribution in [0.5, 0.6) is 0 Å². The van der Waals surface area contributed by atoms with Gasteiger partial charge in [-0.3, -0.25) is 9.11 Å². The quantitative estimate of drug-likeness (QED) is 0.111. The Hall–Kier alpha value is -0.960. The number of hydrogen-bond donors (Lipinski definition) is 6. The van der Waals surface area contributed by atoms with E-state index in [0.29, 0.717) is 6.42 Å². The molecule has 0 fully saturated rings. The van der Waals surface area contributed by atoms with Crippen LogP contribution in [0.1, 0.15) is 39.5 Å². The van der Waals surface area contributed by atoms with Crippen molar-refractivity contribution in [2.45, 2.75) is 51.7 Å². The average Bonchev–Trinajstić information content (AvgIpc) is 2.54. The molecule has 0 saturated heterocycles. The molecule has 0 bridgehead atoms. The van der Waals surface area contributed by atoms with Crippen LogP contribution < -0.4 is 5.64 Å². The molecule has 0 rings (SSSR count). The number of aliphatic hydroxyl groups excluding tert-OH is 3. The molecule has 0 aliphatic rings. The summed E-state index contributed by atoms with van der Waals surface area (Å²) in [5.41, 5.74) is 4.44. The van der Waals surface area contributed by atoms with Crippen LogP contribution >= 0.6 is 0 Å². The van der Waals surface area contributed by atoms with E-state index in [0.717, 1.165) is 12.8 Å². The molecule has 2 unspecified atom stereocenters. The summed E-state index contributed by atoms with van der Waals surface area (Å²) in [5, 5.41) is 33.8. The van der Waals surface area contributed by atoms with E-state index in [-0.39, 0.29) is 25.7 Å². The molecule has 7 N–H and O–H groups in total. The Balaban J connectivity index is -0.0000000861. The lowest BCUT2D eigenvalue weighted by atomic mass is 10.2. The maximum absolute atomic E-state index is 9.83. The maximum atomic E-state index is 9.83. The number of nitrogens with two attached hydrogens (primary N) is 1. The molecule has 0 saturated carbocycles. The molecule has 0 aromatic heterocycles. The van der Waals surface area contributed by atoms with Gasteiger partial charge in [0.2, 0.25) is 0 Å². The summed E-state index contributed by atoms with van der Waals surface area (Å²) >= 11 is 0. The van der Waals surface area contributed by atoms with Crippen LogP contribution in [0.25, 0.3) is 0 Å². The van der Waals surface area contributed by atoms with Gasteiger partial charge in [-0.1, -0.05) is 20.3 Å². The summed E-state index contributed by atoms with van der Waals surface area (Å²) in [6.07, 6.45) is 1.69. The van der Waals surface area contributed by atoms with Gasteiger partial charge in [-0.15, -0.1) is 10.1 Å². The molecule has 12 nitrogen and oxygen atoms in total. The van der Waals surface area contributed by atoms with Crippen molar-refractivity contribution in [3.63, 3.8) is 0 Å². The zero-order valence-electron chi connectivity index (χ0n) is 17.3. The van der Waals surface area contributed by atoms with Gasteiger partial charge in [-0.2, -0.15) is 8.42 Å². The summed E-state index contributed by atoms with van der Waals surface area (Å²) in [4.78, 5) is 14.2. The molecule has 0 aromatic rings. The monoisotopic (exact) mass is 398 g/mol. The predicted molar refractivity (Wildman–Crippen MR) is 95.9 cm³/mol. The number of hydrogen-bond acceptors (Lipinski definition) is 9. The number of aliphatic hydroxyl groups is 3. The highest BCUT2D eigenvalue weighted by Crippen LogP contribution is 2.05. The fourth-order valence-electron chi connectivity index (χ4n) is 1.02. The minimum Gasteiger partial charge on any atom is -0.396 e. The van der Waals surface area contributed by atoms with Crippen LogP contribution in [0, 0.1) is 10.1 Å². The summed E-state index contributed by atoms with van der Waals surface area (Å²) < 4.78 is 48.9. The molecule has 25 heavy (non-hydrogen) atoms. The standard InChI is InChI=1S/C6H13NO3.C4H10O3.BH4N.BH.H2O4S/c1-3-5-6(4-2)10-7(8)9;5-2-1-4(7)3-6;1-2;;1-5(2,3)4/h6H,3-5H2,1-2H3;4-7H,1-3H2;1-2H2;1H;(H2,1,2,3,4)/i;;1T2;1T;. The van der Waals surface area contributed by atoms with Gasteiger partial charge in [0, 0.05) is 15.0 Å². The molecular formula is C10H30B2N2O10S. The van der Waals surface area contributed by atoms with E-state index in [1.54, 1.807) is 0 Å². The first-order valence-electron chi connectivity index (χ1n) is 8.49. The van der Waals surface area contributed by atoms with Gasteiger partial charge in [0.1, 0.15) is 6.10 Å². The zero-order valence-corrected chi connectivity index (χ0v) is 15.1. The van der Waals surface area contributed by atoms with Gasteiger partial charge in [0.15, 0.2) is 7.91 Å². The van der Waals surface area contributed by atoms with Gasteiger partial charge in [0.25, 0.3) is 5.09 Å². The lowest BCUT2D eigenvalue weighted by Gasteiger charge is -2.09. The molecule has 152 valence electrons. The van der Waals surface area contributed by atoms with E-state index in [1.165, 1.54) is 0 Å². The van der Waals surface area contributed by atoms with Crippen LogP contribution in [0.15, 0.2) is 0 Å². The zero-order chi connectivity index (χ0) is 23.8. The molecule has 15 heteroatoms. The predicted octanol–water partition coefficient (Wildman–Crippen LogP) is -2.31. The Labute approximate surface area is 155 Å². The Bertz CT molecular complexity index is 402. The number of rotatable bonds is 8. The van der Waals surface area contributed by atoms with Crippen molar-refractivity contribution in [2.24, 2.45) is 5.64 Å². The van der Waals surface area contributed by atoms with E-state index < -0.39 is 29.5 Å². The fraction of sp³-hybridized carbons (Fsp3) is 1.00. The van der Waals surface area contributed by atoms with Gasteiger partial charge in [0.05, 0.1) is 12.7 Å². The average molecular weight is 398 g/mol. The molecule has 0 aliphatic carbocycles. The third-order valence-corrected chi connectivity index (χ3v) is 1.97. The first-order valence-corrected chi connectivity index (χ1v) is 8.15. The number of nitrogens with zero attached hydrogens (tertiary/aromatic N) is 1. The Morgan fingerprint density at radius 1 is 1.36 bits per heavy atom. The van der Waals surface area contributed by atoms with Gasteiger partial charge >= 0.3 is 10.4 Å². The second-order valence-corrected chi connectivity index (χ2v) is 4.84. The molecule has 0 amide bonds. The van der Waals surface area contributed by atoms with Crippen molar-refractivity contribution in [1.29, 1.82) is 4.01 Å². The van der Waals surface area contributed by atoms with E-state index in [9.17, 15) is 10.1 Å². The van der Waals surface area contributed by atoms with Crippen LogP contribution in [0.2, 0.25) is 0 Å². The van der Waals surface area contributed by atoms with Gasteiger partial charge in [-0.05, 0) is 23.3 Å². The molecule has 0 spiro atoms. The van der Waals surface area contributed by atoms with Crippen LogP contribution in [0.4, 0.5) is 0 Å². The highest BCUT2D eigenvalue weighted by molar-refractivity contribution is 7.79. The van der Waals surface area contributed by atoms with Crippen molar-refractivity contribution in [2.75, 3.05) is 13.2 Å². The highest BCUT2D eigenvalue weighted by atomic mass is 32.3. The summed E-state index contributed by atoms with van der Waals surface area (Å²) in [5.74, 6) is 0. The van der Waals surface area contributed by atoms with Crippen LogP contribution in [0.3, 0.4) is 0 Å². The molecule has 2 radical (unpaired) electrons.